The zero-order valence-corrected chi connectivity index (χ0v) is 12.3. The van der Waals surface area contributed by atoms with Crippen molar-refractivity contribution in [3.63, 3.8) is 0 Å². The summed E-state index contributed by atoms with van der Waals surface area (Å²) in [5.74, 6) is 1.45. The molecule has 0 aromatic carbocycles. The molecule has 0 radical (unpaired) electrons. The lowest BCUT2D eigenvalue weighted by atomic mass is 9.85. The number of nitrogens with one attached hydrogen (secondary N) is 1. The molecule has 114 valence electrons. The molecule has 4 rings (SSSR count). The van der Waals surface area contributed by atoms with Crippen molar-refractivity contribution in [1.82, 2.24) is 20.4 Å². The van der Waals surface area contributed by atoms with Gasteiger partial charge in [-0.15, -0.1) is 0 Å². The first kappa shape index (κ1) is 13.2. The first-order chi connectivity index (χ1) is 10.3. The number of hydrogen-bond donors (Lipinski definition) is 1. The van der Waals surface area contributed by atoms with Gasteiger partial charge in [0.2, 0.25) is 5.89 Å². The number of rotatable bonds is 5. The second kappa shape index (κ2) is 5.40. The van der Waals surface area contributed by atoms with Gasteiger partial charge in [0.05, 0.1) is 6.04 Å². The topological polar surface area (TPSA) is 71.3 Å². The van der Waals surface area contributed by atoms with Crippen molar-refractivity contribution >= 4 is 5.91 Å². The molecule has 1 aromatic rings. The van der Waals surface area contributed by atoms with E-state index in [1.165, 1.54) is 25.7 Å². The predicted molar refractivity (Wildman–Crippen MR) is 75.7 cm³/mol. The van der Waals surface area contributed by atoms with Crippen molar-refractivity contribution in [2.45, 2.75) is 57.0 Å². The Bertz CT molecular complexity index is 521. The van der Waals surface area contributed by atoms with Crippen LogP contribution in [0.2, 0.25) is 0 Å². The van der Waals surface area contributed by atoms with E-state index in [-0.39, 0.29) is 17.8 Å². The molecule has 2 aliphatic carbocycles. The SMILES string of the molecule is O=C(NC1CC1)c1noc([C@@H]2CCCN2CC2CCC2)n1. The van der Waals surface area contributed by atoms with E-state index < -0.39 is 0 Å². The first-order valence-electron chi connectivity index (χ1n) is 8.18. The van der Waals surface area contributed by atoms with Crippen LogP contribution in [0.4, 0.5) is 0 Å². The first-order valence-corrected chi connectivity index (χ1v) is 8.18. The van der Waals surface area contributed by atoms with E-state index in [0.29, 0.717) is 11.9 Å². The summed E-state index contributed by atoms with van der Waals surface area (Å²) in [6, 6.07) is 0.529. The van der Waals surface area contributed by atoms with Gasteiger partial charge in [-0.3, -0.25) is 9.69 Å². The van der Waals surface area contributed by atoms with Crippen LogP contribution in [0.25, 0.3) is 0 Å². The van der Waals surface area contributed by atoms with Crippen molar-refractivity contribution in [1.29, 1.82) is 0 Å². The Morgan fingerprint density at radius 1 is 1.24 bits per heavy atom. The molecule has 6 heteroatoms. The molecule has 3 aliphatic rings. The van der Waals surface area contributed by atoms with Gasteiger partial charge in [0.1, 0.15) is 0 Å². The molecule has 2 saturated carbocycles. The van der Waals surface area contributed by atoms with Crippen LogP contribution in [-0.4, -0.2) is 40.1 Å². The van der Waals surface area contributed by atoms with Gasteiger partial charge in [0, 0.05) is 12.6 Å². The van der Waals surface area contributed by atoms with E-state index >= 15 is 0 Å². The monoisotopic (exact) mass is 290 g/mol. The zero-order chi connectivity index (χ0) is 14.2. The van der Waals surface area contributed by atoms with Crippen molar-refractivity contribution < 1.29 is 9.32 Å². The van der Waals surface area contributed by atoms with Gasteiger partial charge in [-0.1, -0.05) is 11.6 Å². The van der Waals surface area contributed by atoms with Gasteiger partial charge in [-0.2, -0.15) is 4.98 Å². The summed E-state index contributed by atoms with van der Waals surface area (Å²) >= 11 is 0. The summed E-state index contributed by atoms with van der Waals surface area (Å²) in [6.07, 6.45) is 8.42. The summed E-state index contributed by atoms with van der Waals surface area (Å²) in [6.45, 7) is 2.24. The lowest BCUT2D eigenvalue weighted by Gasteiger charge is -2.32. The fraction of sp³-hybridized carbons (Fsp3) is 0.800. The highest BCUT2D eigenvalue weighted by atomic mass is 16.5. The van der Waals surface area contributed by atoms with E-state index in [2.05, 4.69) is 20.4 Å². The minimum absolute atomic E-state index is 0.187. The van der Waals surface area contributed by atoms with Crippen LogP contribution in [0.3, 0.4) is 0 Å². The van der Waals surface area contributed by atoms with Crippen molar-refractivity contribution in [3.8, 4) is 0 Å². The molecule has 1 saturated heterocycles. The van der Waals surface area contributed by atoms with E-state index in [9.17, 15) is 4.79 Å². The van der Waals surface area contributed by atoms with Crippen LogP contribution < -0.4 is 5.32 Å². The van der Waals surface area contributed by atoms with Crippen LogP contribution in [0.15, 0.2) is 4.52 Å². The largest absolute Gasteiger partial charge is 0.346 e. The highest BCUT2D eigenvalue weighted by molar-refractivity contribution is 5.90. The number of carbonyl (C=O) groups excluding carboxylic acids is 1. The van der Waals surface area contributed by atoms with Crippen LogP contribution in [0.5, 0.6) is 0 Å². The molecule has 6 nitrogen and oxygen atoms in total. The fourth-order valence-corrected chi connectivity index (χ4v) is 3.27. The molecule has 3 fully saturated rings. The third kappa shape index (κ3) is 2.81. The van der Waals surface area contributed by atoms with E-state index in [1.54, 1.807) is 0 Å². The fourth-order valence-electron chi connectivity index (χ4n) is 3.27. The number of amides is 1. The summed E-state index contributed by atoms with van der Waals surface area (Å²) < 4.78 is 5.37. The molecule has 21 heavy (non-hydrogen) atoms. The summed E-state index contributed by atoms with van der Waals surface area (Å²) in [4.78, 5) is 18.7. The second-order valence-electron chi connectivity index (χ2n) is 6.65. The van der Waals surface area contributed by atoms with E-state index in [1.807, 2.05) is 0 Å². The average molecular weight is 290 g/mol. The smallest absolute Gasteiger partial charge is 0.292 e. The Balaban J connectivity index is 1.42. The quantitative estimate of drug-likeness (QED) is 0.896. The number of hydrogen-bond acceptors (Lipinski definition) is 5. The average Bonchev–Trinajstić information content (AvgIpc) is 2.94. The molecule has 0 spiro atoms. The van der Waals surface area contributed by atoms with Gasteiger partial charge in [-0.05, 0) is 51.0 Å². The third-order valence-electron chi connectivity index (χ3n) is 4.92. The summed E-state index contributed by atoms with van der Waals surface area (Å²) in [5.41, 5.74) is 0. The normalized spacial score (nSPS) is 26.8. The maximum Gasteiger partial charge on any atom is 0.292 e. The number of aromatic nitrogens is 2. The van der Waals surface area contributed by atoms with Gasteiger partial charge in [-0.25, -0.2) is 0 Å². The standard InChI is InChI=1S/C15H22N4O2/c20-14(16-11-6-7-11)13-17-15(21-18-13)12-5-2-8-19(12)9-10-3-1-4-10/h10-12H,1-9H2,(H,16,20)/t12-/m0/s1. The molecule has 1 N–H and O–H groups in total. The molecule has 2 heterocycles. The highest BCUT2D eigenvalue weighted by Gasteiger charge is 2.34. The van der Waals surface area contributed by atoms with E-state index in [4.69, 9.17) is 4.52 Å². The lowest BCUT2D eigenvalue weighted by Crippen LogP contribution is -2.32. The van der Waals surface area contributed by atoms with Crippen LogP contribution in [0, 0.1) is 5.92 Å². The van der Waals surface area contributed by atoms with Crippen molar-refractivity contribution in [3.05, 3.63) is 11.7 Å². The molecule has 0 unspecified atom stereocenters. The highest BCUT2D eigenvalue weighted by Crippen LogP contribution is 2.35. The molecule has 1 aromatic heterocycles. The summed E-state index contributed by atoms with van der Waals surface area (Å²) in [7, 11) is 0. The molecule has 1 amide bonds. The summed E-state index contributed by atoms with van der Waals surface area (Å²) in [5, 5.41) is 6.76. The van der Waals surface area contributed by atoms with Crippen LogP contribution in [0.1, 0.15) is 67.5 Å². The molecular weight excluding hydrogens is 268 g/mol. The molecule has 1 aliphatic heterocycles. The van der Waals surface area contributed by atoms with E-state index in [0.717, 1.165) is 38.3 Å². The maximum atomic E-state index is 11.9. The third-order valence-corrected chi connectivity index (χ3v) is 4.92. The second-order valence-corrected chi connectivity index (χ2v) is 6.65. The van der Waals surface area contributed by atoms with Crippen molar-refractivity contribution in [2.24, 2.45) is 5.92 Å². The Morgan fingerprint density at radius 2 is 2.10 bits per heavy atom. The van der Waals surface area contributed by atoms with Crippen molar-refractivity contribution in [2.75, 3.05) is 13.1 Å². The molecule has 0 bridgehead atoms. The Kier molecular flexibility index (Phi) is 3.41. The Hall–Kier alpha value is -1.43. The van der Waals surface area contributed by atoms with Gasteiger partial charge >= 0.3 is 0 Å². The molecule has 1 atom stereocenters. The Labute approximate surface area is 124 Å². The maximum absolute atomic E-state index is 11.9. The van der Waals surface area contributed by atoms with Gasteiger partial charge in [0.15, 0.2) is 0 Å². The molecular formula is C15H22N4O2. The Morgan fingerprint density at radius 3 is 2.81 bits per heavy atom. The lowest BCUT2D eigenvalue weighted by molar-refractivity contribution is 0.0937. The van der Waals surface area contributed by atoms with Crippen LogP contribution >= 0.6 is 0 Å². The number of nitrogens with zero attached hydrogens (tertiary/aromatic N) is 3. The number of carbonyl (C=O) groups is 1. The predicted octanol–water partition coefficient (Wildman–Crippen LogP) is 1.90. The minimum Gasteiger partial charge on any atom is -0.346 e. The van der Waals surface area contributed by atoms with Gasteiger partial charge in [0.25, 0.3) is 11.7 Å². The van der Waals surface area contributed by atoms with Gasteiger partial charge < -0.3 is 9.84 Å². The zero-order valence-electron chi connectivity index (χ0n) is 12.3. The van der Waals surface area contributed by atoms with Crippen LogP contribution in [-0.2, 0) is 0 Å². The minimum atomic E-state index is -0.198. The number of likely N-dealkylation sites (tertiary alicyclic amines) is 1.